The lowest BCUT2D eigenvalue weighted by Gasteiger charge is -2.07. The topological polar surface area (TPSA) is 124 Å². The number of carboxylic acids is 1. The van der Waals surface area contributed by atoms with E-state index in [-0.39, 0.29) is 10.9 Å². The molecule has 0 bridgehead atoms. The van der Waals surface area contributed by atoms with Gasteiger partial charge >= 0.3 is 5.97 Å². The highest BCUT2D eigenvalue weighted by molar-refractivity contribution is 7.08. The van der Waals surface area contributed by atoms with Crippen LogP contribution in [0.2, 0.25) is 0 Å². The Balaban J connectivity index is 1.96. The van der Waals surface area contributed by atoms with Crippen molar-refractivity contribution in [1.29, 1.82) is 0 Å². The molecule has 9 nitrogen and oxygen atoms in total. The van der Waals surface area contributed by atoms with Gasteiger partial charge in [0.1, 0.15) is 16.9 Å². The molecule has 0 aliphatic carbocycles. The van der Waals surface area contributed by atoms with E-state index in [0.29, 0.717) is 22.3 Å². The van der Waals surface area contributed by atoms with Gasteiger partial charge in [0.15, 0.2) is 5.82 Å². The van der Waals surface area contributed by atoms with E-state index in [0.717, 1.165) is 11.5 Å². The first-order valence-electron chi connectivity index (χ1n) is 6.99. The summed E-state index contributed by atoms with van der Waals surface area (Å²) in [5.74, 6) is -0.962. The molecule has 4 aromatic heterocycles. The quantitative estimate of drug-likeness (QED) is 0.586. The van der Waals surface area contributed by atoms with E-state index in [1.165, 1.54) is 41.6 Å². The van der Waals surface area contributed by atoms with Gasteiger partial charge in [0.05, 0.1) is 11.6 Å². The number of hydrogen-bond donors (Lipinski definition) is 1. The fraction of sp³-hybridized carbons (Fsp3) is 0. The van der Waals surface area contributed by atoms with Gasteiger partial charge in [-0.1, -0.05) is 0 Å². The predicted molar refractivity (Wildman–Crippen MR) is 88.8 cm³/mol. The molecule has 0 atom stereocenters. The lowest BCUT2D eigenvalue weighted by molar-refractivity contribution is 0.0695. The first-order chi connectivity index (χ1) is 12.1. The second kappa shape index (κ2) is 5.83. The average molecular weight is 352 g/mol. The number of pyridine rings is 2. The third kappa shape index (κ3) is 2.54. The second-order valence-electron chi connectivity index (χ2n) is 4.91. The van der Waals surface area contributed by atoms with Crippen molar-refractivity contribution >= 4 is 28.5 Å². The molecule has 0 aromatic carbocycles. The van der Waals surface area contributed by atoms with Crippen LogP contribution in [0.3, 0.4) is 0 Å². The van der Waals surface area contributed by atoms with Crippen LogP contribution < -0.4 is 5.43 Å². The van der Waals surface area contributed by atoms with Gasteiger partial charge < -0.3 is 5.11 Å². The monoisotopic (exact) mass is 352 g/mol. The Labute approximate surface area is 143 Å². The zero-order chi connectivity index (χ0) is 17.4. The number of hydrogen-bond acceptors (Lipinski definition) is 8. The van der Waals surface area contributed by atoms with Crippen molar-refractivity contribution in [1.82, 2.24) is 28.9 Å². The van der Waals surface area contributed by atoms with E-state index in [4.69, 9.17) is 0 Å². The van der Waals surface area contributed by atoms with Crippen molar-refractivity contribution in [2.75, 3.05) is 0 Å². The Kier molecular flexibility index (Phi) is 3.51. The zero-order valence-corrected chi connectivity index (χ0v) is 13.2. The maximum atomic E-state index is 12.3. The molecular weight excluding hydrogens is 344 g/mol. The maximum Gasteiger partial charge on any atom is 0.341 e. The highest BCUT2D eigenvalue weighted by atomic mass is 32.1. The minimum absolute atomic E-state index is 0.193. The van der Waals surface area contributed by atoms with Crippen LogP contribution in [0.1, 0.15) is 10.4 Å². The van der Waals surface area contributed by atoms with Crippen LogP contribution in [-0.4, -0.2) is 40.0 Å². The lowest BCUT2D eigenvalue weighted by atomic mass is 10.2. The van der Waals surface area contributed by atoms with Gasteiger partial charge in [0.25, 0.3) is 0 Å². The zero-order valence-electron chi connectivity index (χ0n) is 12.4. The van der Waals surface area contributed by atoms with E-state index in [2.05, 4.69) is 24.3 Å². The Bertz CT molecular complexity index is 1150. The molecule has 0 amide bonds. The summed E-state index contributed by atoms with van der Waals surface area (Å²) in [6, 6.07) is 3.10. The number of aromatic carboxylic acids is 1. The van der Waals surface area contributed by atoms with Crippen LogP contribution in [0, 0.1) is 0 Å². The SMILES string of the molecule is O=C(O)c1cn(-c2nc(-c3cnccn3)ns2)c2ncccc2c1=O. The molecule has 0 saturated heterocycles. The number of fused-ring (bicyclic) bond motifs is 1. The molecule has 0 aliphatic rings. The minimum atomic E-state index is -1.32. The summed E-state index contributed by atoms with van der Waals surface area (Å²) < 4.78 is 5.66. The highest BCUT2D eigenvalue weighted by Gasteiger charge is 2.18. The van der Waals surface area contributed by atoms with Crippen LogP contribution in [0.4, 0.5) is 0 Å². The number of nitrogens with zero attached hydrogens (tertiary/aromatic N) is 6. The summed E-state index contributed by atoms with van der Waals surface area (Å²) in [6.45, 7) is 0. The normalized spacial score (nSPS) is 10.9. The third-order valence-electron chi connectivity index (χ3n) is 3.41. The molecular formula is C15H8N6O3S. The maximum absolute atomic E-state index is 12.3. The van der Waals surface area contributed by atoms with Gasteiger partial charge in [-0.25, -0.2) is 14.8 Å². The Morgan fingerprint density at radius 1 is 1.20 bits per heavy atom. The number of carboxylic acid groups (broad SMARTS) is 1. The second-order valence-corrected chi connectivity index (χ2v) is 5.64. The van der Waals surface area contributed by atoms with Crippen molar-refractivity contribution in [3.8, 4) is 16.6 Å². The van der Waals surface area contributed by atoms with Crippen molar-refractivity contribution in [3.05, 3.63) is 58.9 Å². The minimum Gasteiger partial charge on any atom is -0.477 e. The van der Waals surface area contributed by atoms with Gasteiger partial charge in [-0.2, -0.15) is 9.36 Å². The largest absolute Gasteiger partial charge is 0.477 e. The van der Waals surface area contributed by atoms with E-state index >= 15 is 0 Å². The van der Waals surface area contributed by atoms with Gasteiger partial charge in [0.2, 0.25) is 10.6 Å². The van der Waals surface area contributed by atoms with Gasteiger partial charge in [-0.05, 0) is 12.1 Å². The van der Waals surface area contributed by atoms with Crippen LogP contribution >= 0.6 is 11.5 Å². The molecule has 0 saturated carbocycles. The van der Waals surface area contributed by atoms with Crippen molar-refractivity contribution in [2.24, 2.45) is 0 Å². The van der Waals surface area contributed by atoms with E-state index in [9.17, 15) is 14.7 Å². The third-order valence-corrected chi connectivity index (χ3v) is 4.12. The van der Waals surface area contributed by atoms with Crippen LogP contribution in [0.25, 0.3) is 27.7 Å². The fourth-order valence-corrected chi connectivity index (χ4v) is 2.95. The van der Waals surface area contributed by atoms with E-state index in [1.807, 2.05) is 0 Å². The average Bonchev–Trinajstić information content (AvgIpc) is 3.13. The molecule has 4 rings (SSSR count). The Hall–Kier alpha value is -3.53. The molecule has 0 fully saturated rings. The molecule has 4 aromatic rings. The lowest BCUT2D eigenvalue weighted by Crippen LogP contribution is -2.18. The van der Waals surface area contributed by atoms with Gasteiger partial charge in [-0.15, -0.1) is 0 Å². The van der Waals surface area contributed by atoms with Crippen molar-refractivity contribution in [3.63, 3.8) is 0 Å². The summed E-state index contributed by atoms with van der Waals surface area (Å²) in [5.41, 5.74) is -0.164. The highest BCUT2D eigenvalue weighted by Crippen LogP contribution is 2.21. The number of rotatable bonds is 3. The Morgan fingerprint density at radius 3 is 2.84 bits per heavy atom. The van der Waals surface area contributed by atoms with E-state index in [1.54, 1.807) is 6.07 Å². The first kappa shape index (κ1) is 15.0. The summed E-state index contributed by atoms with van der Waals surface area (Å²) in [5, 5.41) is 9.86. The summed E-state index contributed by atoms with van der Waals surface area (Å²) in [6.07, 6.45) is 7.31. The van der Waals surface area contributed by atoms with Crippen LogP contribution in [0.5, 0.6) is 0 Å². The standard InChI is InChI=1S/C15H8N6O3S/c22-11-8-2-1-3-18-13(8)21(7-9(11)14(23)24)15-19-12(20-25-15)10-6-16-4-5-17-10/h1-7H,(H,23,24). The molecule has 0 radical (unpaired) electrons. The Morgan fingerprint density at radius 2 is 2.08 bits per heavy atom. The number of aromatic nitrogens is 6. The van der Waals surface area contributed by atoms with Gasteiger partial charge in [-0.3, -0.25) is 14.3 Å². The van der Waals surface area contributed by atoms with Crippen LogP contribution in [0.15, 0.2) is 47.9 Å². The smallest absolute Gasteiger partial charge is 0.341 e. The van der Waals surface area contributed by atoms with Crippen LogP contribution in [-0.2, 0) is 0 Å². The number of carbonyl (C=O) groups is 1. The molecule has 4 heterocycles. The fourth-order valence-electron chi connectivity index (χ4n) is 2.29. The molecule has 0 aliphatic heterocycles. The summed E-state index contributed by atoms with van der Waals surface area (Å²) >= 11 is 1.04. The van der Waals surface area contributed by atoms with E-state index < -0.39 is 11.4 Å². The molecule has 1 N–H and O–H groups in total. The summed E-state index contributed by atoms with van der Waals surface area (Å²) in [4.78, 5) is 40.3. The first-order valence-corrected chi connectivity index (χ1v) is 7.76. The molecule has 122 valence electrons. The molecule has 25 heavy (non-hydrogen) atoms. The molecule has 0 unspecified atom stereocenters. The van der Waals surface area contributed by atoms with Crippen molar-refractivity contribution in [2.45, 2.75) is 0 Å². The summed E-state index contributed by atoms with van der Waals surface area (Å²) in [7, 11) is 0. The molecule has 10 heteroatoms. The predicted octanol–water partition coefficient (Wildman–Crippen LogP) is 1.39. The van der Waals surface area contributed by atoms with Gasteiger partial charge in [0, 0.05) is 36.3 Å². The molecule has 0 spiro atoms. The van der Waals surface area contributed by atoms with Crippen molar-refractivity contribution < 1.29 is 9.90 Å².